The fraction of sp³-hybridized carbons (Fsp3) is 0.0270. The maximum Gasteiger partial charge on any atom is 0.242 e. The van der Waals surface area contributed by atoms with Gasteiger partial charge in [-0.1, -0.05) is 138 Å². The molecule has 3 aliphatic rings. The van der Waals surface area contributed by atoms with E-state index in [0.29, 0.717) is 0 Å². The van der Waals surface area contributed by atoms with Crippen molar-refractivity contribution in [3.63, 3.8) is 0 Å². The van der Waals surface area contributed by atoms with Gasteiger partial charge in [0.15, 0.2) is 11.5 Å². The summed E-state index contributed by atoms with van der Waals surface area (Å²) in [5.41, 5.74) is 12.1. The van der Waals surface area contributed by atoms with E-state index in [1.54, 1.807) is 0 Å². The minimum absolute atomic E-state index is 0.154. The number of nitrogens with zero attached hydrogens (tertiary/aromatic N) is 1. The van der Waals surface area contributed by atoms with Gasteiger partial charge < -0.3 is 9.64 Å². The van der Waals surface area contributed by atoms with Gasteiger partial charge in [0.05, 0.1) is 22.5 Å². The third-order valence-corrected chi connectivity index (χ3v) is 8.99. The summed E-state index contributed by atoms with van der Waals surface area (Å²) < 4.78 is 6.60. The Balaban J connectivity index is 1.46. The lowest BCUT2D eigenvalue weighted by atomic mass is 9.30. The van der Waals surface area contributed by atoms with E-state index < -0.39 is 5.41 Å². The first kappa shape index (κ1) is 21.9. The highest BCUT2D eigenvalue weighted by atomic mass is 16.5. The fourth-order valence-corrected chi connectivity index (χ4v) is 7.56. The zero-order valence-corrected chi connectivity index (χ0v) is 21.8. The smallest absolute Gasteiger partial charge is 0.242 e. The molecule has 3 aliphatic heterocycles. The van der Waals surface area contributed by atoms with Crippen molar-refractivity contribution in [3.05, 3.63) is 168 Å². The molecule has 0 fully saturated rings. The third-order valence-electron chi connectivity index (χ3n) is 8.99. The monoisotopic (exact) mass is 509 g/mol. The van der Waals surface area contributed by atoms with Crippen LogP contribution in [0.4, 0.5) is 17.1 Å². The van der Waals surface area contributed by atoms with Crippen molar-refractivity contribution in [1.82, 2.24) is 0 Å². The van der Waals surface area contributed by atoms with Crippen molar-refractivity contribution in [1.29, 1.82) is 0 Å². The first-order valence-corrected chi connectivity index (χ1v) is 13.9. The van der Waals surface area contributed by atoms with Crippen LogP contribution in [0.3, 0.4) is 0 Å². The predicted octanol–water partition coefficient (Wildman–Crippen LogP) is 6.79. The quantitative estimate of drug-likeness (QED) is 0.226. The van der Waals surface area contributed by atoms with E-state index in [2.05, 4.69) is 144 Å². The predicted molar refractivity (Wildman–Crippen MR) is 164 cm³/mol. The van der Waals surface area contributed by atoms with Crippen molar-refractivity contribution < 1.29 is 4.74 Å². The molecular weight excluding hydrogens is 485 g/mol. The molecule has 0 unspecified atom stereocenters. The number of rotatable bonds is 1. The summed E-state index contributed by atoms with van der Waals surface area (Å²) >= 11 is 0. The van der Waals surface area contributed by atoms with E-state index >= 15 is 0 Å². The van der Waals surface area contributed by atoms with E-state index in [1.807, 2.05) is 6.07 Å². The maximum absolute atomic E-state index is 6.60. The van der Waals surface area contributed by atoms with E-state index in [-0.39, 0.29) is 6.71 Å². The molecular formula is C37H24BNO. The van der Waals surface area contributed by atoms with Gasteiger partial charge in [-0.2, -0.15) is 0 Å². The highest BCUT2D eigenvalue weighted by Gasteiger charge is 2.53. The van der Waals surface area contributed by atoms with Gasteiger partial charge in [-0.25, -0.2) is 0 Å². The van der Waals surface area contributed by atoms with Gasteiger partial charge in [0.2, 0.25) is 6.71 Å². The van der Waals surface area contributed by atoms with Crippen LogP contribution < -0.4 is 26.0 Å². The van der Waals surface area contributed by atoms with Gasteiger partial charge in [0.1, 0.15) is 0 Å². The summed E-state index contributed by atoms with van der Waals surface area (Å²) in [5, 5.41) is 0. The SMILES string of the molecule is c1ccc(B2c3ccccc3C3(c4ccccc42)c2ccccc2N2c4ccccc4Oc4cccc3c42)cc1. The summed E-state index contributed by atoms with van der Waals surface area (Å²) in [6.45, 7) is 0.154. The van der Waals surface area contributed by atoms with Crippen molar-refractivity contribution in [2.45, 2.75) is 5.41 Å². The molecule has 186 valence electrons. The lowest BCUT2D eigenvalue weighted by Gasteiger charge is -2.51. The molecule has 3 heteroatoms. The largest absolute Gasteiger partial charge is 0.453 e. The maximum atomic E-state index is 6.60. The zero-order valence-electron chi connectivity index (χ0n) is 21.8. The Hall–Kier alpha value is -5.02. The lowest BCUT2D eigenvalue weighted by molar-refractivity contribution is 0.473. The molecule has 0 radical (unpaired) electrons. The summed E-state index contributed by atoms with van der Waals surface area (Å²) in [5.74, 6) is 1.77. The number of anilines is 3. The lowest BCUT2D eigenvalue weighted by Crippen LogP contribution is -2.62. The Kier molecular flexibility index (Phi) is 4.37. The Morgan fingerprint density at radius 3 is 1.75 bits per heavy atom. The minimum Gasteiger partial charge on any atom is -0.453 e. The average Bonchev–Trinajstić information content (AvgIpc) is 3.03. The zero-order chi connectivity index (χ0) is 26.3. The number of hydrogen-bond donors (Lipinski definition) is 0. The summed E-state index contributed by atoms with van der Waals surface area (Å²) in [4.78, 5) is 2.42. The van der Waals surface area contributed by atoms with Gasteiger partial charge in [-0.3, -0.25) is 0 Å². The summed E-state index contributed by atoms with van der Waals surface area (Å²) in [6.07, 6.45) is 0. The number of hydrogen-bond acceptors (Lipinski definition) is 2. The molecule has 9 rings (SSSR count). The molecule has 40 heavy (non-hydrogen) atoms. The molecule has 3 heterocycles. The highest BCUT2D eigenvalue weighted by Crippen LogP contribution is 2.63. The Bertz CT molecular complexity index is 1900. The molecule has 1 spiro atoms. The fourth-order valence-electron chi connectivity index (χ4n) is 7.56. The topological polar surface area (TPSA) is 12.5 Å². The molecule has 0 aliphatic carbocycles. The second-order valence-corrected chi connectivity index (χ2v) is 10.8. The van der Waals surface area contributed by atoms with Crippen molar-refractivity contribution >= 4 is 40.2 Å². The molecule has 6 aromatic rings. The average molecular weight is 509 g/mol. The van der Waals surface area contributed by atoms with Crippen LogP contribution in [0.15, 0.2) is 146 Å². The van der Waals surface area contributed by atoms with E-state index in [1.165, 1.54) is 44.3 Å². The first-order chi connectivity index (χ1) is 19.9. The molecule has 6 aromatic carbocycles. The number of benzene rings is 6. The minimum atomic E-state index is -0.494. The van der Waals surface area contributed by atoms with E-state index in [4.69, 9.17) is 4.74 Å². The van der Waals surface area contributed by atoms with Crippen LogP contribution in [0.2, 0.25) is 0 Å². The molecule has 2 nitrogen and oxygen atoms in total. The van der Waals surface area contributed by atoms with E-state index in [9.17, 15) is 0 Å². The molecule has 0 amide bonds. The number of para-hydroxylation sites is 4. The van der Waals surface area contributed by atoms with Gasteiger partial charge in [-0.15, -0.1) is 0 Å². The summed E-state index contributed by atoms with van der Waals surface area (Å²) in [6, 6.07) is 53.0. The molecule has 0 atom stereocenters. The summed E-state index contributed by atoms with van der Waals surface area (Å²) in [7, 11) is 0. The second kappa shape index (κ2) is 8.00. The molecule has 0 saturated heterocycles. The Morgan fingerprint density at radius 1 is 0.450 bits per heavy atom. The highest BCUT2D eigenvalue weighted by molar-refractivity contribution is 6.96. The normalized spacial score (nSPS) is 14.8. The van der Waals surface area contributed by atoms with Crippen LogP contribution in [-0.2, 0) is 5.41 Å². The Labute approximate surface area is 234 Å². The van der Waals surface area contributed by atoms with Gasteiger partial charge in [0.25, 0.3) is 0 Å². The molecule has 0 aromatic heterocycles. The van der Waals surface area contributed by atoms with Crippen LogP contribution >= 0.6 is 0 Å². The molecule has 0 bridgehead atoms. The standard InChI is InChI=1S/C37H24BNO/c1-2-13-25(14-3-1)38-30-19-7-4-15-26(30)37(27-16-5-8-20-31(27)38)28-17-6-9-21-32(28)39-33-22-10-11-23-34(33)40-35-24-12-18-29(37)36(35)39/h1-24H. The second-order valence-electron chi connectivity index (χ2n) is 10.8. The number of fused-ring (bicyclic) bond motifs is 10. The van der Waals surface area contributed by atoms with Crippen LogP contribution in [-0.4, -0.2) is 6.71 Å². The van der Waals surface area contributed by atoms with Crippen LogP contribution in [0, 0.1) is 0 Å². The van der Waals surface area contributed by atoms with Crippen molar-refractivity contribution in [3.8, 4) is 11.5 Å². The number of ether oxygens (including phenoxy) is 1. The van der Waals surface area contributed by atoms with Crippen LogP contribution in [0.1, 0.15) is 22.3 Å². The third kappa shape index (κ3) is 2.64. The van der Waals surface area contributed by atoms with Crippen LogP contribution in [0.25, 0.3) is 0 Å². The van der Waals surface area contributed by atoms with Crippen molar-refractivity contribution in [2.75, 3.05) is 4.90 Å². The van der Waals surface area contributed by atoms with Crippen molar-refractivity contribution in [2.24, 2.45) is 0 Å². The van der Waals surface area contributed by atoms with Gasteiger partial charge in [0, 0.05) is 0 Å². The van der Waals surface area contributed by atoms with E-state index in [0.717, 1.165) is 22.9 Å². The first-order valence-electron chi connectivity index (χ1n) is 13.9. The molecule has 0 N–H and O–H groups in total. The Morgan fingerprint density at radius 2 is 1.00 bits per heavy atom. The molecule has 0 saturated carbocycles. The van der Waals surface area contributed by atoms with Gasteiger partial charge >= 0.3 is 0 Å². The van der Waals surface area contributed by atoms with Crippen LogP contribution in [0.5, 0.6) is 11.5 Å². The van der Waals surface area contributed by atoms with Gasteiger partial charge in [-0.05, 0) is 46.5 Å².